The van der Waals surface area contributed by atoms with Gasteiger partial charge < -0.3 is 19.7 Å². The SMILES string of the molecule is COc1ccc(Br)c(OCC(=O)NC2CCN(C)CC2)c1. The molecule has 1 aliphatic rings. The molecule has 1 N–H and O–H groups in total. The van der Waals surface area contributed by atoms with Gasteiger partial charge in [-0.05, 0) is 61.0 Å². The van der Waals surface area contributed by atoms with E-state index in [1.165, 1.54) is 0 Å². The zero-order valence-electron chi connectivity index (χ0n) is 12.4. The fourth-order valence-corrected chi connectivity index (χ4v) is 2.65. The Morgan fingerprint density at radius 3 is 2.81 bits per heavy atom. The summed E-state index contributed by atoms with van der Waals surface area (Å²) in [7, 11) is 3.70. The molecule has 1 amide bonds. The number of carbonyl (C=O) groups excluding carboxylic acids is 1. The summed E-state index contributed by atoms with van der Waals surface area (Å²) in [6, 6.07) is 5.68. The number of carbonyl (C=O) groups is 1. The van der Waals surface area contributed by atoms with Crippen LogP contribution in [0.2, 0.25) is 0 Å². The van der Waals surface area contributed by atoms with Crippen LogP contribution in [0.3, 0.4) is 0 Å². The third-order valence-electron chi connectivity index (χ3n) is 3.58. The summed E-state index contributed by atoms with van der Waals surface area (Å²) in [4.78, 5) is 14.2. The Kier molecular flexibility index (Phi) is 5.87. The molecule has 1 heterocycles. The molecular formula is C15H21BrN2O3. The van der Waals surface area contributed by atoms with Gasteiger partial charge in [-0.25, -0.2) is 0 Å². The van der Waals surface area contributed by atoms with E-state index in [2.05, 4.69) is 33.2 Å². The highest BCUT2D eigenvalue weighted by Crippen LogP contribution is 2.29. The number of halogens is 1. The van der Waals surface area contributed by atoms with E-state index in [0.717, 1.165) is 30.4 Å². The van der Waals surface area contributed by atoms with Crippen LogP contribution in [-0.2, 0) is 4.79 Å². The second-order valence-electron chi connectivity index (χ2n) is 5.23. The van der Waals surface area contributed by atoms with Crippen molar-refractivity contribution < 1.29 is 14.3 Å². The van der Waals surface area contributed by atoms with Crippen molar-refractivity contribution in [2.45, 2.75) is 18.9 Å². The predicted molar refractivity (Wildman–Crippen MR) is 84.9 cm³/mol. The predicted octanol–water partition coefficient (Wildman–Crippen LogP) is 2.05. The average Bonchev–Trinajstić information content (AvgIpc) is 2.49. The van der Waals surface area contributed by atoms with Gasteiger partial charge in [0.05, 0.1) is 11.6 Å². The van der Waals surface area contributed by atoms with E-state index in [-0.39, 0.29) is 18.6 Å². The number of hydrogen-bond donors (Lipinski definition) is 1. The molecule has 6 heteroatoms. The Bertz CT molecular complexity index is 488. The highest BCUT2D eigenvalue weighted by molar-refractivity contribution is 9.10. The number of methoxy groups -OCH3 is 1. The zero-order chi connectivity index (χ0) is 15.2. The molecule has 116 valence electrons. The molecule has 1 aromatic carbocycles. The van der Waals surface area contributed by atoms with Crippen LogP contribution < -0.4 is 14.8 Å². The number of nitrogens with zero attached hydrogens (tertiary/aromatic N) is 1. The van der Waals surface area contributed by atoms with E-state index in [1.807, 2.05) is 12.1 Å². The number of amides is 1. The van der Waals surface area contributed by atoms with Gasteiger partial charge in [-0.1, -0.05) is 0 Å². The van der Waals surface area contributed by atoms with Gasteiger partial charge in [0, 0.05) is 12.1 Å². The smallest absolute Gasteiger partial charge is 0.258 e. The monoisotopic (exact) mass is 356 g/mol. The van der Waals surface area contributed by atoms with Gasteiger partial charge >= 0.3 is 0 Å². The molecule has 1 aliphatic heterocycles. The van der Waals surface area contributed by atoms with E-state index in [9.17, 15) is 4.79 Å². The van der Waals surface area contributed by atoms with Crippen molar-refractivity contribution in [3.05, 3.63) is 22.7 Å². The molecule has 0 bridgehead atoms. The van der Waals surface area contributed by atoms with Crippen molar-refractivity contribution in [1.82, 2.24) is 10.2 Å². The van der Waals surface area contributed by atoms with Gasteiger partial charge in [-0.15, -0.1) is 0 Å². The van der Waals surface area contributed by atoms with E-state index in [0.29, 0.717) is 11.5 Å². The van der Waals surface area contributed by atoms with Gasteiger partial charge in [0.15, 0.2) is 6.61 Å². The van der Waals surface area contributed by atoms with Crippen LogP contribution in [0.1, 0.15) is 12.8 Å². The molecule has 0 radical (unpaired) electrons. The largest absolute Gasteiger partial charge is 0.497 e. The van der Waals surface area contributed by atoms with Crippen molar-refractivity contribution in [3.63, 3.8) is 0 Å². The van der Waals surface area contributed by atoms with Crippen molar-refractivity contribution >= 4 is 21.8 Å². The first-order valence-electron chi connectivity index (χ1n) is 7.02. The van der Waals surface area contributed by atoms with Crippen LogP contribution in [0, 0.1) is 0 Å². The van der Waals surface area contributed by atoms with Crippen molar-refractivity contribution in [1.29, 1.82) is 0 Å². The minimum Gasteiger partial charge on any atom is -0.497 e. The lowest BCUT2D eigenvalue weighted by molar-refractivity contribution is -0.124. The summed E-state index contributed by atoms with van der Waals surface area (Å²) < 4.78 is 11.5. The number of rotatable bonds is 5. The van der Waals surface area contributed by atoms with Crippen LogP contribution in [0.4, 0.5) is 0 Å². The summed E-state index contributed by atoms with van der Waals surface area (Å²) in [6.07, 6.45) is 1.98. The average molecular weight is 357 g/mol. The van der Waals surface area contributed by atoms with Crippen LogP contribution in [0.15, 0.2) is 22.7 Å². The second-order valence-corrected chi connectivity index (χ2v) is 6.08. The first-order valence-corrected chi connectivity index (χ1v) is 7.82. The topological polar surface area (TPSA) is 50.8 Å². The molecule has 0 saturated carbocycles. The molecule has 21 heavy (non-hydrogen) atoms. The third-order valence-corrected chi connectivity index (χ3v) is 4.24. The highest BCUT2D eigenvalue weighted by Gasteiger charge is 2.18. The number of piperidine rings is 1. The first kappa shape index (κ1) is 16.1. The van der Waals surface area contributed by atoms with Crippen LogP contribution in [0.5, 0.6) is 11.5 Å². The van der Waals surface area contributed by atoms with Gasteiger partial charge in [0.1, 0.15) is 11.5 Å². The molecule has 0 spiro atoms. The zero-order valence-corrected chi connectivity index (χ0v) is 14.0. The van der Waals surface area contributed by atoms with E-state index < -0.39 is 0 Å². The minimum absolute atomic E-state index is 0.0120. The maximum absolute atomic E-state index is 11.9. The van der Waals surface area contributed by atoms with E-state index >= 15 is 0 Å². The Labute approximate surface area is 133 Å². The van der Waals surface area contributed by atoms with Gasteiger partial charge in [0.25, 0.3) is 5.91 Å². The fraction of sp³-hybridized carbons (Fsp3) is 0.533. The summed E-state index contributed by atoms with van der Waals surface area (Å²) in [5.41, 5.74) is 0. The van der Waals surface area contributed by atoms with Gasteiger partial charge in [-0.2, -0.15) is 0 Å². The molecule has 0 aliphatic carbocycles. The Balaban J connectivity index is 1.81. The van der Waals surface area contributed by atoms with Gasteiger partial charge in [-0.3, -0.25) is 4.79 Å². The third kappa shape index (κ3) is 4.89. The van der Waals surface area contributed by atoms with Crippen LogP contribution >= 0.6 is 15.9 Å². The number of hydrogen-bond acceptors (Lipinski definition) is 4. The van der Waals surface area contributed by atoms with Crippen molar-refractivity contribution in [2.24, 2.45) is 0 Å². The summed E-state index contributed by atoms with van der Waals surface area (Å²) in [6.45, 7) is 2.05. The Morgan fingerprint density at radius 1 is 1.43 bits per heavy atom. The maximum Gasteiger partial charge on any atom is 0.258 e. The quantitative estimate of drug-likeness (QED) is 0.877. The molecule has 5 nitrogen and oxygen atoms in total. The van der Waals surface area contributed by atoms with Gasteiger partial charge in [0.2, 0.25) is 0 Å². The molecule has 0 atom stereocenters. The number of ether oxygens (including phenoxy) is 2. The van der Waals surface area contributed by atoms with Crippen LogP contribution in [-0.4, -0.2) is 50.7 Å². The Morgan fingerprint density at radius 2 is 2.14 bits per heavy atom. The number of benzene rings is 1. The lowest BCUT2D eigenvalue weighted by Crippen LogP contribution is -2.44. The molecule has 0 unspecified atom stereocenters. The lowest BCUT2D eigenvalue weighted by atomic mass is 10.1. The standard InChI is InChI=1S/C15H21BrN2O3/c1-18-7-5-11(6-8-18)17-15(19)10-21-14-9-12(20-2)3-4-13(14)16/h3-4,9,11H,5-8,10H2,1-2H3,(H,17,19). The second kappa shape index (κ2) is 7.66. The molecule has 2 rings (SSSR count). The van der Waals surface area contributed by atoms with E-state index in [4.69, 9.17) is 9.47 Å². The molecule has 1 aromatic rings. The number of likely N-dealkylation sites (tertiary alicyclic amines) is 1. The first-order chi connectivity index (χ1) is 10.1. The van der Waals surface area contributed by atoms with Crippen molar-refractivity contribution in [2.75, 3.05) is 33.9 Å². The Hall–Kier alpha value is -1.27. The molecular weight excluding hydrogens is 336 g/mol. The van der Waals surface area contributed by atoms with Crippen molar-refractivity contribution in [3.8, 4) is 11.5 Å². The molecule has 0 aromatic heterocycles. The highest BCUT2D eigenvalue weighted by atomic mass is 79.9. The summed E-state index contributed by atoms with van der Waals surface area (Å²) in [5, 5.41) is 3.02. The summed E-state index contributed by atoms with van der Waals surface area (Å²) in [5.74, 6) is 1.22. The normalized spacial score (nSPS) is 16.5. The number of nitrogens with one attached hydrogen (secondary N) is 1. The summed E-state index contributed by atoms with van der Waals surface area (Å²) >= 11 is 3.40. The minimum atomic E-state index is -0.0840. The van der Waals surface area contributed by atoms with Crippen LogP contribution in [0.25, 0.3) is 0 Å². The lowest BCUT2D eigenvalue weighted by Gasteiger charge is -2.29. The molecule has 1 fully saturated rings. The van der Waals surface area contributed by atoms with E-state index in [1.54, 1.807) is 13.2 Å². The fourth-order valence-electron chi connectivity index (χ4n) is 2.29. The maximum atomic E-state index is 11.9. The molecule has 1 saturated heterocycles.